The van der Waals surface area contributed by atoms with Crippen molar-refractivity contribution in [1.29, 1.82) is 0 Å². The van der Waals surface area contributed by atoms with Crippen LogP contribution in [0, 0.1) is 6.92 Å². The summed E-state index contributed by atoms with van der Waals surface area (Å²) in [4.78, 5) is 28.3. The summed E-state index contributed by atoms with van der Waals surface area (Å²) in [5, 5.41) is 3.06. The van der Waals surface area contributed by atoms with E-state index in [0.29, 0.717) is 25.8 Å². The van der Waals surface area contributed by atoms with Crippen LogP contribution in [0.1, 0.15) is 83.6 Å². The Morgan fingerprint density at radius 3 is 2.09 bits per heavy atom. The average molecular weight is 451 g/mol. The molecule has 0 aromatic heterocycles. The fourth-order valence-electron chi connectivity index (χ4n) is 3.95. The number of nitrogens with one attached hydrogen (secondary N) is 1. The fourth-order valence-corrected chi connectivity index (χ4v) is 3.95. The van der Waals surface area contributed by atoms with Crippen LogP contribution in [0.25, 0.3) is 0 Å². The lowest BCUT2D eigenvalue weighted by Gasteiger charge is -2.33. The molecule has 0 aliphatic rings. The Kier molecular flexibility index (Phi) is 8.88. The Hall–Kier alpha value is -2.62. The second-order valence-corrected chi connectivity index (χ2v) is 11.1. The van der Waals surface area contributed by atoms with Crippen LogP contribution < -0.4 is 5.32 Å². The third kappa shape index (κ3) is 8.34. The first kappa shape index (κ1) is 26.6. The van der Waals surface area contributed by atoms with Gasteiger partial charge < -0.3 is 10.2 Å². The number of nitrogens with zero attached hydrogens (tertiary/aromatic N) is 1. The van der Waals surface area contributed by atoms with Gasteiger partial charge in [0.05, 0.1) is 0 Å². The van der Waals surface area contributed by atoms with Gasteiger partial charge in [-0.1, -0.05) is 81.8 Å². The Morgan fingerprint density at radius 2 is 1.58 bits per heavy atom. The molecule has 0 saturated heterocycles. The van der Waals surface area contributed by atoms with Crippen LogP contribution in [0.2, 0.25) is 0 Å². The zero-order chi connectivity index (χ0) is 24.8. The van der Waals surface area contributed by atoms with Crippen molar-refractivity contribution in [1.82, 2.24) is 10.2 Å². The molecule has 2 aromatic carbocycles. The highest BCUT2D eigenvalue weighted by atomic mass is 16.2. The smallest absolute Gasteiger partial charge is 0.243 e. The zero-order valence-electron chi connectivity index (χ0n) is 21.8. The predicted octanol–water partition coefficient (Wildman–Crippen LogP) is 5.95. The molecule has 180 valence electrons. The summed E-state index contributed by atoms with van der Waals surface area (Å²) >= 11 is 0. The van der Waals surface area contributed by atoms with Crippen molar-refractivity contribution < 1.29 is 9.59 Å². The summed E-state index contributed by atoms with van der Waals surface area (Å²) in [6.07, 6.45) is 1.60. The molecular formula is C29H42N2O2. The number of rotatable bonds is 8. The van der Waals surface area contributed by atoms with E-state index in [1.807, 2.05) is 52.8 Å². The summed E-state index contributed by atoms with van der Waals surface area (Å²) in [6, 6.07) is 16.2. The van der Waals surface area contributed by atoms with E-state index in [9.17, 15) is 9.59 Å². The summed E-state index contributed by atoms with van der Waals surface area (Å²) in [5.74, 6) is -0.0900. The van der Waals surface area contributed by atoms with Gasteiger partial charge in [0.25, 0.3) is 0 Å². The maximum atomic E-state index is 13.4. The van der Waals surface area contributed by atoms with Gasteiger partial charge in [-0.2, -0.15) is 0 Å². The van der Waals surface area contributed by atoms with E-state index in [1.165, 1.54) is 5.56 Å². The Balaban J connectivity index is 2.22. The highest BCUT2D eigenvalue weighted by Gasteiger charge is 2.30. The molecule has 4 heteroatoms. The summed E-state index contributed by atoms with van der Waals surface area (Å²) in [6.45, 7) is 16.9. The molecule has 0 aliphatic carbocycles. The molecule has 4 nitrogen and oxygen atoms in total. The van der Waals surface area contributed by atoms with Crippen molar-refractivity contribution >= 4 is 11.8 Å². The first-order chi connectivity index (χ1) is 15.3. The topological polar surface area (TPSA) is 49.4 Å². The summed E-state index contributed by atoms with van der Waals surface area (Å²) in [7, 11) is 0. The second kappa shape index (κ2) is 11.0. The van der Waals surface area contributed by atoms with Gasteiger partial charge in [-0.25, -0.2) is 0 Å². The highest BCUT2D eigenvalue weighted by Crippen LogP contribution is 2.23. The molecule has 0 spiro atoms. The maximum absolute atomic E-state index is 13.4. The van der Waals surface area contributed by atoms with Gasteiger partial charge in [-0.15, -0.1) is 0 Å². The van der Waals surface area contributed by atoms with Gasteiger partial charge in [0.15, 0.2) is 0 Å². The predicted molar refractivity (Wildman–Crippen MR) is 137 cm³/mol. The summed E-state index contributed by atoms with van der Waals surface area (Å²) < 4.78 is 0. The lowest BCUT2D eigenvalue weighted by atomic mass is 9.86. The maximum Gasteiger partial charge on any atom is 0.243 e. The van der Waals surface area contributed by atoms with Crippen LogP contribution in [-0.2, 0) is 28.0 Å². The van der Waals surface area contributed by atoms with Crippen LogP contribution in [0.5, 0.6) is 0 Å². The molecule has 0 unspecified atom stereocenters. The molecule has 0 bridgehead atoms. The Labute approximate surface area is 200 Å². The van der Waals surface area contributed by atoms with E-state index >= 15 is 0 Å². The van der Waals surface area contributed by atoms with Gasteiger partial charge in [0.2, 0.25) is 11.8 Å². The molecule has 0 fully saturated rings. The first-order valence-electron chi connectivity index (χ1n) is 12.1. The molecule has 2 amide bonds. The number of hydrogen-bond acceptors (Lipinski definition) is 2. The van der Waals surface area contributed by atoms with Gasteiger partial charge in [0.1, 0.15) is 6.04 Å². The van der Waals surface area contributed by atoms with E-state index in [0.717, 1.165) is 16.7 Å². The molecule has 0 saturated carbocycles. The quantitative estimate of drug-likeness (QED) is 0.540. The third-order valence-electron chi connectivity index (χ3n) is 5.77. The molecule has 1 N–H and O–H groups in total. The van der Waals surface area contributed by atoms with Crippen LogP contribution in [0.15, 0.2) is 48.5 Å². The second-order valence-electron chi connectivity index (χ2n) is 11.1. The first-order valence-corrected chi connectivity index (χ1v) is 12.1. The van der Waals surface area contributed by atoms with Gasteiger partial charge in [-0.05, 0) is 62.6 Å². The van der Waals surface area contributed by atoms with Crippen molar-refractivity contribution in [3.05, 3.63) is 70.8 Å². The zero-order valence-corrected chi connectivity index (χ0v) is 21.8. The molecule has 33 heavy (non-hydrogen) atoms. The average Bonchev–Trinajstić information content (AvgIpc) is 2.70. The number of benzene rings is 2. The number of amides is 2. The van der Waals surface area contributed by atoms with Gasteiger partial charge in [0, 0.05) is 18.5 Å². The molecular weight excluding hydrogens is 408 g/mol. The monoisotopic (exact) mass is 450 g/mol. The Bertz CT molecular complexity index is 933. The largest absolute Gasteiger partial charge is 0.350 e. The Morgan fingerprint density at radius 1 is 0.939 bits per heavy atom. The molecule has 0 aliphatic heterocycles. The lowest BCUT2D eigenvalue weighted by Crippen LogP contribution is -2.53. The normalized spacial score (nSPS) is 12.8. The SMILES string of the molecule is CC[C@@H](C(=O)NC(C)(C)C)N(Cc1cccc(C)c1)C(=O)CCc1ccc(C(C)(C)C)cc1. The van der Waals surface area contributed by atoms with Crippen molar-refractivity contribution in [2.45, 2.75) is 98.2 Å². The van der Waals surface area contributed by atoms with Crippen LogP contribution in [-0.4, -0.2) is 28.3 Å². The van der Waals surface area contributed by atoms with Crippen molar-refractivity contribution in [2.24, 2.45) is 0 Å². The van der Waals surface area contributed by atoms with Gasteiger partial charge >= 0.3 is 0 Å². The molecule has 2 aromatic rings. The van der Waals surface area contributed by atoms with Crippen LogP contribution in [0.3, 0.4) is 0 Å². The minimum absolute atomic E-state index is 0.00677. The van der Waals surface area contributed by atoms with Gasteiger partial charge in [-0.3, -0.25) is 9.59 Å². The highest BCUT2D eigenvalue weighted by molar-refractivity contribution is 5.88. The number of carbonyl (C=O) groups excluding carboxylic acids is 2. The number of aryl methyl sites for hydroxylation is 2. The van der Waals surface area contributed by atoms with E-state index in [-0.39, 0.29) is 22.8 Å². The molecule has 0 radical (unpaired) electrons. The molecule has 1 atom stereocenters. The van der Waals surface area contributed by atoms with Crippen molar-refractivity contribution in [3.8, 4) is 0 Å². The van der Waals surface area contributed by atoms with E-state index < -0.39 is 6.04 Å². The summed E-state index contributed by atoms with van der Waals surface area (Å²) in [5.41, 5.74) is 4.36. The number of hydrogen-bond donors (Lipinski definition) is 1. The van der Waals surface area contributed by atoms with E-state index in [4.69, 9.17) is 0 Å². The van der Waals surface area contributed by atoms with Crippen LogP contribution >= 0.6 is 0 Å². The van der Waals surface area contributed by atoms with E-state index in [1.54, 1.807) is 4.90 Å². The lowest BCUT2D eigenvalue weighted by molar-refractivity contribution is -0.142. The molecule has 0 heterocycles. The molecule has 2 rings (SSSR count). The number of carbonyl (C=O) groups is 2. The van der Waals surface area contributed by atoms with E-state index in [2.05, 4.69) is 56.4 Å². The van der Waals surface area contributed by atoms with Crippen molar-refractivity contribution in [3.63, 3.8) is 0 Å². The van der Waals surface area contributed by atoms with Crippen molar-refractivity contribution in [2.75, 3.05) is 0 Å². The third-order valence-corrected chi connectivity index (χ3v) is 5.77. The van der Waals surface area contributed by atoms with Crippen LogP contribution in [0.4, 0.5) is 0 Å². The minimum atomic E-state index is -0.500. The standard InChI is InChI=1S/C29H42N2O2/c1-9-25(27(33)30-29(6,7)8)31(20-23-12-10-11-21(2)19-23)26(32)18-15-22-13-16-24(17-14-22)28(3,4)5/h10-14,16-17,19,25H,9,15,18,20H2,1-8H3,(H,30,33)/t25-/m0/s1. The minimum Gasteiger partial charge on any atom is -0.350 e. The fraction of sp³-hybridized carbons (Fsp3) is 0.517.